The molecule has 0 aliphatic heterocycles. The number of hydrogen-bond acceptors (Lipinski definition) is 2. The molecule has 0 aliphatic carbocycles. The maximum atomic E-state index is 10.6. The summed E-state index contributed by atoms with van der Waals surface area (Å²) in [6, 6.07) is 0. The van der Waals surface area contributed by atoms with Gasteiger partial charge in [-0.3, -0.25) is 10.2 Å². The van der Waals surface area contributed by atoms with E-state index >= 15 is 0 Å². The Hall–Kier alpha value is -1.32. The van der Waals surface area contributed by atoms with Crippen molar-refractivity contribution >= 4 is 5.91 Å². The SMILES string of the molecule is CC(=O)Nn1[c]c(C)nc1C. The number of nitrogens with one attached hydrogen (secondary N) is 1. The van der Waals surface area contributed by atoms with Gasteiger partial charge < -0.3 is 0 Å². The monoisotopic (exact) mass is 152 g/mol. The van der Waals surface area contributed by atoms with Crippen LogP contribution in [0.3, 0.4) is 0 Å². The lowest BCUT2D eigenvalue weighted by molar-refractivity contribution is -0.115. The van der Waals surface area contributed by atoms with E-state index in [2.05, 4.69) is 16.6 Å². The van der Waals surface area contributed by atoms with Gasteiger partial charge in [0.15, 0.2) is 0 Å². The fourth-order valence-electron chi connectivity index (χ4n) is 0.827. The van der Waals surface area contributed by atoms with Gasteiger partial charge in [-0.2, -0.15) is 0 Å². The highest BCUT2D eigenvalue weighted by molar-refractivity contribution is 5.80. The normalized spacial score (nSPS) is 9.73. The van der Waals surface area contributed by atoms with Gasteiger partial charge in [-0.05, 0) is 13.8 Å². The lowest BCUT2D eigenvalue weighted by atomic mass is 10.6. The van der Waals surface area contributed by atoms with E-state index < -0.39 is 0 Å². The number of carbonyl (C=O) groups is 1. The highest BCUT2D eigenvalue weighted by Gasteiger charge is 2.00. The standard InChI is InChI=1S/C7H10N3O/c1-5-4-10(6(2)8-5)9-7(3)11/h1-3H3,(H,9,11). The molecule has 4 heteroatoms. The van der Waals surface area contributed by atoms with Gasteiger partial charge in [-0.15, -0.1) is 0 Å². The molecule has 0 spiro atoms. The van der Waals surface area contributed by atoms with E-state index in [-0.39, 0.29) is 5.91 Å². The van der Waals surface area contributed by atoms with Gasteiger partial charge in [0.25, 0.3) is 0 Å². The van der Waals surface area contributed by atoms with E-state index in [0.29, 0.717) is 0 Å². The molecule has 1 aromatic rings. The fraction of sp³-hybridized carbons (Fsp3) is 0.429. The first kappa shape index (κ1) is 7.78. The number of carbonyl (C=O) groups excluding carboxylic acids is 1. The first-order chi connectivity index (χ1) is 5.09. The number of nitrogens with zero attached hydrogens (tertiary/aromatic N) is 2. The van der Waals surface area contributed by atoms with Crippen LogP contribution in [0.4, 0.5) is 0 Å². The third kappa shape index (κ3) is 1.80. The van der Waals surface area contributed by atoms with Crippen LogP contribution in [0.2, 0.25) is 0 Å². The summed E-state index contributed by atoms with van der Waals surface area (Å²) in [7, 11) is 0. The Bertz CT molecular complexity index is 277. The molecular weight excluding hydrogens is 142 g/mol. The summed E-state index contributed by atoms with van der Waals surface area (Å²) >= 11 is 0. The van der Waals surface area contributed by atoms with Crippen molar-refractivity contribution in [2.75, 3.05) is 5.43 Å². The number of aryl methyl sites for hydroxylation is 2. The van der Waals surface area contributed by atoms with Gasteiger partial charge in [0, 0.05) is 6.92 Å². The van der Waals surface area contributed by atoms with Crippen LogP contribution in [-0.2, 0) is 4.79 Å². The Morgan fingerprint density at radius 3 is 2.64 bits per heavy atom. The van der Waals surface area contributed by atoms with Crippen molar-refractivity contribution in [1.82, 2.24) is 9.66 Å². The average molecular weight is 152 g/mol. The minimum absolute atomic E-state index is 0.123. The lowest BCUT2D eigenvalue weighted by Crippen LogP contribution is -2.20. The van der Waals surface area contributed by atoms with E-state index in [0.717, 1.165) is 11.5 Å². The molecule has 1 aromatic heterocycles. The Labute approximate surface area is 65.2 Å². The molecule has 0 aliphatic rings. The minimum Gasteiger partial charge on any atom is -0.274 e. The zero-order chi connectivity index (χ0) is 8.43. The van der Waals surface area contributed by atoms with Crippen LogP contribution in [0.15, 0.2) is 0 Å². The molecule has 59 valence electrons. The summed E-state index contributed by atoms with van der Waals surface area (Å²) in [6.45, 7) is 5.08. The Balaban J connectivity index is 2.85. The molecule has 0 atom stereocenters. The summed E-state index contributed by atoms with van der Waals surface area (Å²) in [5, 5.41) is 0. The molecule has 1 heterocycles. The topological polar surface area (TPSA) is 46.9 Å². The highest BCUT2D eigenvalue weighted by Crippen LogP contribution is 1.95. The second-order valence-electron chi connectivity index (χ2n) is 2.36. The van der Waals surface area contributed by atoms with Crippen molar-refractivity contribution in [3.63, 3.8) is 0 Å². The van der Waals surface area contributed by atoms with Crippen molar-refractivity contribution in [3.05, 3.63) is 17.7 Å². The second kappa shape index (κ2) is 2.74. The summed E-state index contributed by atoms with van der Waals surface area (Å²) in [6.07, 6.45) is 2.85. The van der Waals surface area contributed by atoms with E-state index in [4.69, 9.17) is 0 Å². The Morgan fingerprint density at radius 1 is 1.64 bits per heavy atom. The predicted molar refractivity (Wildman–Crippen MR) is 40.6 cm³/mol. The van der Waals surface area contributed by atoms with Crippen LogP contribution in [0, 0.1) is 20.0 Å². The maximum absolute atomic E-state index is 10.6. The van der Waals surface area contributed by atoms with Crippen molar-refractivity contribution in [2.24, 2.45) is 0 Å². The molecule has 11 heavy (non-hydrogen) atoms. The molecule has 1 N–H and O–H groups in total. The molecule has 1 radical (unpaired) electrons. The predicted octanol–water partition coefficient (Wildman–Crippen LogP) is 0.390. The average Bonchev–Trinajstić information content (AvgIpc) is 2.09. The molecule has 0 unspecified atom stereocenters. The summed E-state index contributed by atoms with van der Waals surface area (Å²) in [5.41, 5.74) is 3.33. The lowest BCUT2D eigenvalue weighted by Gasteiger charge is -2.01. The smallest absolute Gasteiger partial charge is 0.235 e. The zero-order valence-electron chi connectivity index (χ0n) is 6.80. The van der Waals surface area contributed by atoms with Crippen LogP contribution in [0.5, 0.6) is 0 Å². The number of amides is 1. The van der Waals surface area contributed by atoms with Gasteiger partial charge in [-0.1, -0.05) is 0 Å². The van der Waals surface area contributed by atoms with Crippen LogP contribution in [-0.4, -0.2) is 15.6 Å². The Kier molecular flexibility index (Phi) is 1.94. The zero-order valence-corrected chi connectivity index (χ0v) is 6.80. The molecule has 0 bridgehead atoms. The van der Waals surface area contributed by atoms with Gasteiger partial charge in [0.1, 0.15) is 12.0 Å². The van der Waals surface area contributed by atoms with Crippen molar-refractivity contribution < 1.29 is 4.79 Å². The maximum Gasteiger partial charge on any atom is 0.235 e. The molecule has 0 saturated heterocycles. The first-order valence-electron chi connectivity index (χ1n) is 3.32. The molecule has 0 saturated carbocycles. The minimum atomic E-state index is -0.123. The molecule has 4 nitrogen and oxygen atoms in total. The fourth-order valence-corrected chi connectivity index (χ4v) is 0.827. The van der Waals surface area contributed by atoms with Crippen molar-refractivity contribution in [1.29, 1.82) is 0 Å². The van der Waals surface area contributed by atoms with Gasteiger partial charge >= 0.3 is 0 Å². The van der Waals surface area contributed by atoms with E-state index in [9.17, 15) is 4.79 Å². The molecule has 1 rings (SSSR count). The molecule has 0 fully saturated rings. The quantitative estimate of drug-likeness (QED) is 0.632. The second-order valence-corrected chi connectivity index (χ2v) is 2.36. The van der Waals surface area contributed by atoms with Crippen LogP contribution in [0.1, 0.15) is 18.4 Å². The summed E-state index contributed by atoms with van der Waals surface area (Å²) < 4.78 is 1.48. The number of hydrogen-bond donors (Lipinski definition) is 1. The van der Waals surface area contributed by atoms with Crippen LogP contribution in [0.25, 0.3) is 0 Å². The third-order valence-electron chi connectivity index (χ3n) is 1.20. The molecule has 1 amide bonds. The van der Waals surface area contributed by atoms with Gasteiger partial charge in [-0.25, -0.2) is 9.66 Å². The first-order valence-corrected chi connectivity index (χ1v) is 3.32. The van der Waals surface area contributed by atoms with Crippen molar-refractivity contribution in [2.45, 2.75) is 20.8 Å². The van der Waals surface area contributed by atoms with Crippen LogP contribution < -0.4 is 5.43 Å². The number of rotatable bonds is 1. The van der Waals surface area contributed by atoms with E-state index in [1.165, 1.54) is 11.6 Å². The molecule has 0 aromatic carbocycles. The largest absolute Gasteiger partial charge is 0.274 e. The van der Waals surface area contributed by atoms with Gasteiger partial charge in [0.05, 0.1) is 5.69 Å². The number of imidazole rings is 1. The molecular formula is C7H10N3O. The highest BCUT2D eigenvalue weighted by atomic mass is 16.2. The summed E-state index contributed by atoms with van der Waals surface area (Å²) in [5.74, 6) is 0.611. The summed E-state index contributed by atoms with van der Waals surface area (Å²) in [4.78, 5) is 14.7. The number of aromatic nitrogens is 2. The van der Waals surface area contributed by atoms with Crippen LogP contribution >= 0.6 is 0 Å². The van der Waals surface area contributed by atoms with E-state index in [1.54, 1.807) is 6.92 Å². The third-order valence-corrected chi connectivity index (χ3v) is 1.20. The van der Waals surface area contributed by atoms with Gasteiger partial charge in [0.2, 0.25) is 5.91 Å². The van der Waals surface area contributed by atoms with Crippen molar-refractivity contribution in [3.8, 4) is 0 Å². The van der Waals surface area contributed by atoms with E-state index in [1.807, 2.05) is 6.92 Å². The Morgan fingerprint density at radius 2 is 2.27 bits per heavy atom.